The molecule has 6 nitrogen and oxygen atoms in total. The number of hydrogen-bond donors (Lipinski definition) is 1. The Morgan fingerprint density at radius 2 is 0.925 bits per heavy atom. The molecule has 2 unspecified atom stereocenters. The van der Waals surface area contributed by atoms with Gasteiger partial charge >= 0.3 is 0 Å². The van der Waals surface area contributed by atoms with E-state index in [-0.39, 0.29) is 13.2 Å². The Morgan fingerprint density at radius 3 is 1.32 bits per heavy atom. The first-order chi connectivity index (χ1) is 19.3. The van der Waals surface area contributed by atoms with Crippen molar-refractivity contribution in [2.45, 2.75) is 175 Å². The maximum absolute atomic E-state index is 12.4. The van der Waals surface area contributed by atoms with E-state index in [2.05, 4.69) is 27.7 Å². The van der Waals surface area contributed by atoms with Gasteiger partial charge in [-0.05, 0) is 44.9 Å². The Morgan fingerprint density at radius 1 is 0.575 bits per heavy atom. The largest absolute Gasteiger partial charge is 0.756 e. The molecule has 0 radical (unpaired) electrons. The average Bonchev–Trinajstić information content (AvgIpc) is 2.93. The van der Waals surface area contributed by atoms with Crippen LogP contribution >= 0.6 is 7.82 Å². The molecule has 0 heterocycles. The molecule has 7 heteroatoms. The Kier molecular flexibility index (Phi) is 27.9. The monoisotopic (exact) mass is 591 g/mol. The molecular formula is C33H70NO5P. The minimum Gasteiger partial charge on any atom is -0.756 e. The van der Waals surface area contributed by atoms with Crippen molar-refractivity contribution in [3.8, 4) is 0 Å². The number of nitrogens with zero attached hydrogens (tertiary/aromatic N) is 1. The Bertz CT molecular complexity index is 546. The lowest BCUT2D eigenvalue weighted by Crippen LogP contribution is -2.54. The van der Waals surface area contributed by atoms with Crippen LogP contribution in [0.1, 0.15) is 169 Å². The van der Waals surface area contributed by atoms with E-state index in [0.29, 0.717) is 6.54 Å². The highest BCUT2D eigenvalue weighted by molar-refractivity contribution is 7.45. The molecule has 0 saturated carbocycles. The lowest BCUT2D eigenvalue weighted by molar-refractivity contribution is -0.931. The van der Waals surface area contributed by atoms with Crippen LogP contribution in [0.25, 0.3) is 0 Å². The highest BCUT2D eigenvalue weighted by Gasteiger charge is 2.30. The lowest BCUT2D eigenvalue weighted by atomic mass is 10.1. The van der Waals surface area contributed by atoms with Gasteiger partial charge in [-0.25, -0.2) is 0 Å². The molecule has 0 aromatic carbocycles. The number of hydrogen-bond acceptors (Lipinski definition) is 5. The first-order valence-corrected chi connectivity index (χ1v) is 18.9. The molecule has 0 spiro atoms. The third-order valence-electron chi connectivity index (χ3n) is 8.23. The van der Waals surface area contributed by atoms with Gasteiger partial charge in [-0.1, -0.05) is 124 Å². The fourth-order valence-electron chi connectivity index (χ4n) is 5.71. The number of aliphatic hydroxyl groups is 1. The van der Waals surface area contributed by atoms with Crippen LogP contribution in [0.2, 0.25) is 0 Å². The molecule has 0 saturated heterocycles. The number of rotatable bonds is 32. The maximum atomic E-state index is 12.4. The van der Waals surface area contributed by atoms with E-state index in [4.69, 9.17) is 9.05 Å². The topological polar surface area (TPSA) is 78.8 Å². The molecule has 0 aliphatic heterocycles. The molecule has 2 atom stereocenters. The van der Waals surface area contributed by atoms with E-state index in [1.54, 1.807) is 0 Å². The highest BCUT2D eigenvalue weighted by Crippen LogP contribution is 2.38. The summed E-state index contributed by atoms with van der Waals surface area (Å²) in [4.78, 5) is 12.4. The van der Waals surface area contributed by atoms with Crippen LogP contribution in [0.5, 0.6) is 0 Å². The molecule has 0 fully saturated rings. The summed E-state index contributed by atoms with van der Waals surface area (Å²) in [6.45, 7) is 12.6. The number of phosphoric ester groups is 1. The number of quaternary nitrogens is 1. The molecule has 0 aromatic rings. The van der Waals surface area contributed by atoms with E-state index < -0.39 is 13.9 Å². The summed E-state index contributed by atoms with van der Waals surface area (Å²) < 4.78 is 23.5. The molecular weight excluding hydrogens is 521 g/mol. The Labute approximate surface area is 250 Å². The Balaban J connectivity index is 4.64. The van der Waals surface area contributed by atoms with Crippen molar-refractivity contribution in [1.82, 2.24) is 0 Å². The third-order valence-corrected chi connectivity index (χ3v) is 9.19. The van der Waals surface area contributed by atoms with E-state index >= 15 is 0 Å². The number of unbranched alkanes of at least 4 members (excludes halogenated alkanes) is 18. The molecule has 1 N–H and O–H groups in total. The van der Waals surface area contributed by atoms with Gasteiger partial charge in [-0.15, -0.1) is 0 Å². The number of phosphoric acid groups is 1. The molecule has 0 aromatic heterocycles. The first-order valence-electron chi connectivity index (χ1n) is 17.5. The van der Waals surface area contributed by atoms with Gasteiger partial charge in [0.15, 0.2) is 0 Å². The van der Waals surface area contributed by atoms with E-state index in [0.717, 1.165) is 62.6 Å². The molecule has 0 rings (SSSR count). The van der Waals surface area contributed by atoms with Gasteiger partial charge in [-0.3, -0.25) is 4.57 Å². The quantitative estimate of drug-likeness (QED) is 0.0479. The van der Waals surface area contributed by atoms with Crippen molar-refractivity contribution in [2.75, 3.05) is 39.4 Å². The summed E-state index contributed by atoms with van der Waals surface area (Å²) in [5, 5.41) is 11.0. The highest BCUT2D eigenvalue weighted by atomic mass is 31.2. The Hall–Kier alpha value is 0.0300. The van der Waals surface area contributed by atoms with Crippen LogP contribution in [-0.4, -0.2) is 55.1 Å². The van der Waals surface area contributed by atoms with Crippen molar-refractivity contribution in [3.05, 3.63) is 0 Å². The number of aliphatic hydroxyl groups excluding tert-OH is 1. The lowest BCUT2D eigenvalue weighted by Gasteiger charge is -2.41. The van der Waals surface area contributed by atoms with Gasteiger partial charge in [0.2, 0.25) is 0 Å². The zero-order chi connectivity index (χ0) is 29.8. The zero-order valence-electron chi connectivity index (χ0n) is 27.4. The average molecular weight is 592 g/mol. The molecule has 40 heavy (non-hydrogen) atoms. The minimum atomic E-state index is -4.40. The second-order valence-corrected chi connectivity index (χ2v) is 13.7. The van der Waals surface area contributed by atoms with Gasteiger partial charge < -0.3 is 23.5 Å². The molecule has 242 valence electrons. The zero-order valence-corrected chi connectivity index (χ0v) is 28.2. The van der Waals surface area contributed by atoms with Crippen LogP contribution in [-0.2, 0) is 13.6 Å². The van der Waals surface area contributed by atoms with Gasteiger partial charge in [0.05, 0.1) is 32.8 Å². The standard InChI is InChI=1S/C33H70NO5P/c1-5-9-13-17-18-19-20-21-22-26-30-38-40(36,37)39-32-33(35)31-34(27-23-14-10-6-2,28-24-15-11-7-3)29-25-16-12-8-4/h33,35H,5-32H2,1-4H3. The second kappa shape index (κ2) is 27.8. The van der Waals surface area contributed by atoms with Gasteiger partial charge in [0, 0.05) is 0 Å². The summed E-state index contributed by atoms with van der Waals surface area (Å²) >= 11 is 0. The van der Waals surface area contributed by atoms with Crippen LogP contribution in [0, 0.1) is 0 Å². The van der Waals surface area contributed by atoms with Crippen LogP contribution in [0.4, 0.5) is 0 Å². The van der Waals surface area contributed by atoms with Crippen molar-refractivity contribution in [2.24, 2.45) is 0 Å². The van der Waals surface area contributed by atoms with Crippen LogP contribution < -0.4 is 4.89 Å². The van der Waals surface area contributed by atoms with Crippen molar-refractivity contribution in [3.63, 3.8) is 0 Å². The summed E-state index contributed by atoms with van der Waals surface area (Å²) in [6, 6.07) is 0. The summed E-state index contributed by atoms with van der Waals surface area (Å²) in [5.74, 6) is 0. The van der Waals surface area contributed by atoms with Gasteiger partial charge in [0.25, 0.3) is 7.82 Å². The molecule has 0 amide bonds. The molecule has 0 bridgehead atoms. The van der Waals surface area contributed by atoms with Crippen LogP contribution in [0.3, 0.4) is 0 Å². The first kappa shape index (κ1) is 40.0. The normalized spacial score (nSPS) is 14.4. The predicted octanol–water partition coefficient (Wildman–Crippen LogP) is 9.33. The fraction of sp³-hybridized carbons (Fsp3) is 1.00. The molecule has 0 aliphatic carbocycles. The summed E-state index contributed by atoms with van der Waals surface area (Å²) in [6.07, 6.45) is 25.6. The summed E-state index contributed by atoms with van der Waals surface area (Å²) in [7, 11) is -4.40. The smallest absolute Gasteiger partial charge is 0.267 e. The van der Waals surface area contributed by atoms with Crippen molar-refractivity contribution in [1.29, 1.82) is 0 Å². The van der Waals surface area contributed by atoms with Crippen LogP contribution in [0.15, 0.2) is 0 Å². The van der Waals surface area contributed by atoms with E-state index in [1.807, 2.05) is 0 Å². The van der Waals surface area contributed by atoms with Crippen molar-refractivity contribution >= 4 is 7.82 Å². The minimum absolute atomic E-state index is 0.166. The maximum Gasteiger partial charge on any atom is 0.267 e. The predicted molar refractivity (Wildman–Crippen MR) is 170 cm³/mol. The molecule has 0 aliphatic rings. The SMILES string of the molecule is CCCCCCCCCCCCOP(=O)([O-])OCC(O)C[N+](CCCCCC)(CCCCCC)CCCCCC. The van der Waals surface area contributed by atoms with E-state index in [1.165, 1.54) is 103 Å². The second-order valence-electron chi connectivity index (χ2n) is 12.3. The summed E-state index contributed by atoms with van der Waals surface area (Å²) in [5.41, 5.74) is 0. The van der Waals surface area contributed by atoms with E-state index in [9.17, 15) is 14.6 Å². The van der Waals surface area contributed by atoms with Gasteiger partial charge in [0.1, 0.15) is 12.6 Å². The third kappa shape index (κ3) is 24.6. The fourth-order valence-corrected chi connectivity index (χ4v) is 6.49. The van der Waals surface area contributed by atoms with Gasteiger partial charge in [-0.2, -0.15) is 0 Å². The van der Waals surface area contributed by atoms with Crippen molar-refractivity contribution < 1.29 is 28.1 Å².